The zero-order valence-electron chi connectivity index (χ0n) is 50.3. The number of benzene rings is 2. The Balaban J connectivity index is 1.30. The molecule has 9 amide bonds. The number of carbonyl (C=O) groups is 11. The van der Waals surface area contributed by atoms with Crippen molar-refractivity contribution in [1.82, 2.24) is 62.7 Å². The van der Waals surface area contributed by atoms with Crippen LogP contribution < -0.4 is 47.9 Å². The Morgan fingerprint density at radius 3 is 1.58 bits per heavy atom. The standard InChI is InChI=1S/C60H86N12O13/c1-12-40(67-59(84)51(35(11)73)64-33(8)9)55(80)65-34(10)53(78)68-44(25-37-28-62-42-21-16-14-19-39(37)42)57(82)70-49(30(2)3)58(83)69-45(26-48(75)76)54(79)63-29-47(74)66-43(24-36-27-61-41-20-15-13-18-38(36)41)56(81)71-50(31(4)5)60(85)72-23-17-22-46(72)52(77)32(6)7/h13-16,18-21,27-28,30-35,40,43-46,49-51,61-62,64,73H,12,17,22-26,29H2,1-11H3,(H,63,79)(H,65,80)(H,66,74)(H,67,84)(H,68,78)(H,69,83)(H,70,82)(H,71,81)(H,75,76)/t34-,35+,40-,43-,44-,45-,46-,49-,50-,51-/m0/s1. The first kappa shape index (κ1) is 67.6. The predicted octanol–water partition coefficient (Wildman–Crippen LogP) is 1.12. The summed E-state index contributed by atoms with van der Waals surface area (Å²) >= 11 is 0. The van der Waals surface area contributed by atoms with Crippen LogP contribution in [0.25, 0.3) is 21.8 Å². The fourth-order valence-corrected chi connectivity index (χ4v) is 10.2. The summed E-state index contributed by atoms with van der Waals surface area (Å²) in [7, 11) is 0. The zero-order valence-corrected chi connectivity index (χ0v) is 50.3. The molecular weight excluding hydrogens is 1100 g/mol. The van der Waals surface area contributed by atoms with E-state index in [-0.39, 0.29) is 37.0 Å². The number of ketones is 1. The lowest BCUT2D eigenvalue weighted by molar-refractivity contribution is -0.143. The summed E-state index contributed by atoms with van der Waals surface area (Å²) in [6.07, 6.45) is 2.31. The molecule has 85 heavy (non-hydrogen) atoms. The molecule has 1 aliphatic heterocycles. The normalized spacial score (nSPS) is 16.6. The maximum Gasteiger partial charge on any atom is 0.305 e. The molecule has 0 radical (unpaired) electrons. The number of amides is 9. The van der Waals surface area contributed by atoms with Crippen LogP contribution in [0.1, 0.15) is 113 Å². The quantitative estimate of drug-likeness (QED) is 0.0336. The van der Waals surface area contributed by atoms with Gasteiger partial charge in [0.15, 0.2) is 5.78 Å². The van der Waals surface area contributed by atoms with Gasteiger partial charge in [-0.1, -0.05) is 98.7 Å². The lowest BCUT2D eigenvalue weighted by Crippen LogP contribution is -2.61. The number of fused-ring (bicyclic) bond motifs is 2. The second-order valence-corrected chi connectivity index (χ2v) is 23.1. The molecule has 2 aromatic heterocycles. The Kier molecular flexibility index (Phi) is 24.7. The van der Waals surface area contributed by atoms with Crippen LogP contribution in [0.2, 0.25) is 0 Å². The Morgan fingerprint density at radius 1 is 0.576 bits per heavy atom. The lowest BCUT2D eigenvalue weighted by Gasteiger charge is -2.32. The summed E-state index contributed by atoms with van der Waals surface area (Å²) in [5, 5.41) is 45.3. The minimum absolute atomic E-state index is 0.0710. The second kappa shape index (κ2) is 31.1. The van der Waals surface area contributed by atoms with Crippen molar-refractivity contribution in [3.8, 4) is 0 Å². The van der Waals surface area contributed by atoms with Gasteiger partial charge in [0, 0.05) is 65.5 Å². The highest BCUT2D eigenvalue weighted by molar-refractivity contribution is 6.00. The monoisotopic (exact) mass is 1180 g/mol. The number of aliphatic carboxylic acids is 1. The van der Waals surface area contributed by atoms with E-state index >= 15 is 0 Å². The number of carboxylic acids is 1. The van der Waals surface area contributed by atoms with E-state index in [1.165, 1.54) is 18.7 Å². The second-order valence-electron chi connectivity index (χ2n) is 23.1. The maximum atomic E-state index is 14.4. The van der Waals surface area contributed by atoms with E-state index in [4.69, 9.17) is 0 Å². The topological polar surface area (TPSA) is 371 Å². The number of carboxylic acid groups (broad SMARTS) is 1. The Labute approximate surface area is 494 Å². The molecule has 4 aromatic rings. The molecule has 1 aliphatic rings. The summed E-state index contributed by atoms with van der Waals surface area (Å²) in [6.45, 7) is 17.8. The lowest BCUT2D eigenvalue weighted by atomic mass is 9.97. The Hall–Kier alpha value is -8.19. The van der Waals surface area contributed by atoms with Gasteiger partial charge in [-0.15, -0.1) is 0 Å². The minimum Gasteiger partial charge on any atom is -0.481 e. The molecule has 464 valence electrons. The summed E-state index contributed by atoms with van der Waals surface area (Å²) in [5.74, 6) is -10.2. The molecule has 2 aromatic carbocycles. The molecule has 0 unspecified atom stereocenters. The van der Waals surface area contributed by atoms with Crippen molar-refractivity contribution in [3.63, 3.8) is 0 Å². The van der Waals surface area contributed by atoms with Gasteiger partial charge < -0.3 is 72.9 Å². The van der Waals surface area contributed by atoms with Crippen LogP contribution in [-0.4, -0.2) is 170 Å². The van der Waals surface area contributed by atoms with Gasteiger partial charge in [-0.2, -0.15) is 0 Å². The van der Waals surface area contributed by atoms with Crippen LogP contribution in [0.4, 0.5) is 0 Å². The average Bonchev–Trinajstić information content (AvgIpc) is 4.07. The summed E-state index contributed by atoms with van der Waals surface area (Å²) in [4.78, 5) is 158. The van der Waals surface area contributed by atoms with Crippen LogP contribution in [0.15, 0.2) is 60.9 Å². The van der Waals surface area contributed by atoms with E-state index in [2.05, 4.69) is 57.8 Å². The molecule has 10 atom stereocenters. The van der Waals surface area contributed by atoms with Gasteiger partial charge in [-0.25, -0.2) is 0 Å². The highest BCUT2D eigenvalue weighted by Gasteiger charge is 2.41. The van der Waals surface area contributed by atoms with E-state index in [0.717, 1.165) is 21.8 Å². The highest BCUT2D eigenvalue weighted by atomic mass is 16.4. The highest BCUT2D eigenvalue weighted by Crippen LogP contribution is 2.25. The molecule has 3 heterocycles. The molecule has 0 bridgehead atoms. The van der Waals surface area contributed by atoms with Crippen molar-refractivity contribution >= 4 is 86.7 Å². The molecule has 25 nitrogen and oxygen atoms in total. The van der Waals surface area contributed by atoms with Crippen LogP contribution in [-0.2, 0) is 65.6 Å². The molecular formula is C60H86N12O13. The van der Waals surface area contributed by atoms with Crippen molar-refractivity contribution in [1.29, 1.82) is 0 Å². The maximum absolute atomic E-state index is 14.4. The Morgan fingerprint density at radius 2 is 1.07 bits per heavy atom. The van der Waals surface area contributed by atoms with Crippen molar-refractivity contribution in [3.05, 3.63) is 72.1 Å². The molecule has 0 spiro atoms. The average molecular weight is 1180 g/mol. The number of nitrogens with zero attached hydrogens (tertiary/aromatic N) is 1. The number of aliphatic hydroxyl groups is 1. The first-order valence-electron chi connectivity index (χ1n) is 29.1. The van der Waals surface area contributed by atoms with Gasteiger partial charge in [-0.3, -0.25) is 52.7 Å². The fraction of sp³-hybridized carbons (Fsp3) is 0.550. The molecule has 0 aliphatic carbocycles. The molecule has 13 N–H and O–H groups in total. The van der Waals surface area contributed by atoms with Crippen LogP contribution in [0, 0.1) is 17.8 Å². The largest absolute Gasteiger partial charge is 0.481 e. The number of likely N-dealkylation sites (tertiary alicyclic amines) is 1. The molecule has 1 fully saturated rings. The van der Waals surface area contributed by atoms with Gasteiger partial charge in [0.05, 0.1) is 25.1 Å². The number of para-hydroxylation sites is 2. The summed E-state index contributed by atoms with van der Waals surface area (Å²) in [6, 6.07) is 3.22. The van der Waals surface area contributed by atoms with Gasteiger partial charge in [0.1, 0.15) is 48.3 Å². The zero-order chi connectivity index (χ0) is 63.0. The SMILES string of the molecule is CC[C@H](NC(=O)[C@@H](NC(C)C)[C@@H](C)O)C(=O)N[C@@H](C)C(=O)N[C@@H](Cc1c[nH]c2ccccc12)C(=O)N[C@H](C(=O)N[C@@H](CC(=O)O)C(=O)NCC(=O)N[C@@H](Cc1c[nH]c2ccccc12)C(=O)N[C@H](C(=O)N1CCC[C@H]1C(=O)C(C)C)C(C)C)C(C)C. The molecule has 25 heteroatoms. The number of nitrogens with one attached hydrogen (secondary N) is 11. The van der Waals surface area contributed by atoms with Crippen LogP contribution in [0.5, 0.6) is 0 Å². The number of aliphatic hydroxyl groups excluding tert-OH is 1. The van der Waals surface area contributed by atoms with E-state index in [9.17, 15) is 63.0 Å². The number of aromatic amines is 2. The van der Waals surface area contributed by atoms with Gasteiger partial charge in [-0.05, 0) is 68.2 Å². The third-order valence-electron chi connectivity index (χ3n) is 14.9. The van der Waals surface area contributed by atoms with Crippen molar-refractivity contribution in [2.24, 2.45) is 17.8 Å². The van der Waals surface area contributed by atoms with E-state index in [1.807, 2.05) is 24.3 Å². The molecule has 5 rings (SSSR count). The van der Waals surface area contributed by atoms with E-state index < -0.39 is 144 Å². The fourth-order valence-electron chi connectivity index (χ4n) is 10.2. The first-order chi connectivity index (χ1) is 40.1. The number of hydrogen-bond donors (Lipinski definition) is 13. The number of hydrogen-bond acceptors (Lipinski definition) is 13. The third kappa shape index (κ3) is 18.7. The predicted molar refractivity (Wildman–Crippen MR) is 317 cm³/mol. The van der Waals surface area contributed by atoms with Gasteiger partial charge in [0.2, 0.25) is 53.2 Å². The number of Topliss-reactive ketones (excluding diaryl/α,β-unsaturated/α-hetero) is 1. The van der Waals surface area contributed by atoms with Crippen molar-refractivity contribution in [2.75, 3.05) is 13.1 Å². The van der Waals surface area contributed by atoms with E-state index in [1.54, 1.807) is 99.0 Å². The van der Waals surface area contributed by atoms with E-state index in [0.29, 0.717) is 30.5 Å². The van der Waals surface area contributed by atoms with Gasteiger partial charge in [0.25, 0.3) is 0 Å². The molecule has 0 saturated carbocycles. The third-order valence-corrected chi connectivity index (χ3v) is 14.9. The summed E-state index contributed by atoms with van der Waals surface area (Å²) in [5.41, 5.74) is 2.72. The smallest absolute Gasteiger partial charge is 0.305 e. The van der Waals surface area contributed by atoms with Gasteiger partial charge >= 0.3 is 5.97 Å². The minimum atomic E-state index is -1.80. The van der Waals surface area contributed by atoms with Crippen LogP contribution in [0.3, 0.4) is 0 Å². The number of aromatic nitrogens is 2. The van der Waals surface area contributed by atoms with Crippen molar-refractivity contribution < 1.29 is 63.0 Å². The van der Waals surface area contributed by atoms with Crippen molar-refractivity contribution in [2.45, 2.75) is 181 Å². The number of carbonyl (C=O) groups excluding carboxylic acids is 10. The molecule has 1 saturated heterocycles. The number of rotatable bonds is 31. The first-order valence-corrected chi connectivity index (χ1v) is 29.1. The number of H-pyrrole nitrogens is 2. The summed E-state index contributed by atoms with van der Waals surface area (Å²) < 4.78 is 0. The Bertz CT molecular complexity index is 3040. The van der Waals surface area contributed by atoms with Crippen LogP contribution >= 0.6 is 0 Å².